The van der Waals surface area contributed by atoms with E-state index in [1.165, 1.54) is 11.5 Å². The summed E-state index contributed by atoms with van der Waals surface area (Å²) in [5.74, 6) is -0.0541. The van der Waals surface area contributed by atoms with E-state index < -0.39 is 22.0 Å². The van der Waals surface area contributed by atoms with Crippen LogP contribution in [0.1, 0.15) is 30.3 Å². The lowest BCUT2D eigenvalue weighted by atomic mass is 10.1. The summed E-state index contributed by atoms with van der Waals surface area (Å²) in [5.41, 5.74) is 0.887. The van der Waals surface area contributed by atoms with Gasteiger partial charge in [0.2, 0.25) is 0 Å². The molecule has 0 bridgehead atoms. The Morgan fingerprint density at radius 3 is 2.67 bits per heavy atom. The SMILES string of the molecule is CC(C)c1nnsc1CN(CCO)[C@H]1CS(=O)(=O)C[C@@H]1O. The molecule has 1 aliphatic rings. The molecule has 0 unspecified atom stereocenters. The van der Waals surface area contributed by atoms with Crippen LogP contribution in [0, 0.1) is 0 Å². The number of aliphatic hydroxyl groups is 2. The molecule has 1 fully saturated rings. The fourth-order valence-corrected chi connectivity index (χ4v) is 5.25. The van der Waals surface area contributed by atoms with Crippen molar-refractivity contribution in [3.8, 4) is 0 Å². The molecule has 2 atom stereocenters. The van der Waals surface area contributed by atoms with Crippen LogP contribution in [-0.2, 0) is 16.4 Å². The molecule has 0 spiro atoms. The van der Waals surface area contributed by atoms with Crippen LogP contribution in [0.5, 0.6) is 0 Å². The largest absolute Gasteiger partial charge is 0.395 e. The first-order chi connectivity index (χ1) is 9.84. The molecule has 1 aromatic heterocycles. The van der Waals surface area contributed by atoms with Crippen molar-refractivity contribution < 1.29 is 18.6 Å². The maximum atomic E-state index is 11.7. The van der Waals surface area contributed by atoms with Gasteiger partial charge in [-0.25, -0.2) is 8.42 Å². The van der Waals surface area contributed by atoms with Gasteiger partial charge >= 0.3 is 0 Å². The highest BCUT2D eigenvalue weighted by Crippen LogP contribution is 2.25. The van der Waals surface area contributed by atoms with Crippen LogP contribution in [0.4, 0.5) is 0 Å². The Morgan fingerprint density at radius 2 is 2.14 bits per heavy atom. The topological polar surface area (TPSA) is 104 Å². The molecule has 2 heterocycles. The number of nitrogens with zero attached hydrogens (tertiary/aromatic N) is 3. The monoisotopic (exact) mass is 335 g/mol. The van der Waals surface area contributed by atoms with Crippen LogP contribution in [-0.4, -0.2) is 69.9 Å². The fourth-order valence-electron chi connectivity index (χ4n) is 2.60. The van der Waals surface area contributed by atoms with Gasteiger partial charge in [0, 0.05) is 13.1 Å². The molecule has 0 saturated carbocycles. The zero-order valence-electron chi connectivity index (χ0n) is 12.1. The second-order valence-electron chi connectivity index (χ2n) is 5.64. The van der Waals surface area contributed by atoms with Crippen LogP contribution >= 0.6 is 11.5 Å². The second-order valence-corrected chi connectivity index (χ2v) is 8.63. The van der Waals surface area contributed by atoms with E-state index in [0.29, 0.717) is 13.1 Å². The molecule has 120 valence electrons. The molecule has 21 heavy (non-hydrogen) atoms. The van der Waals surface area contributed by atoms with Crippen LogP contribution in [0.25, 0.3) is 0 Å². The van der Waals surface area contributed by atoms with Crippen molar-refractivity contribution in [1.29, 1.82) is 0 Å². The van der Waals surface area contributed by atoms with Gasteiger partial charge < -0.3 is 10.2 Å². The summed E-state index contributed by atoms with van der Waals surface area (Å²) in [6, 6.07) is -0.482. The van der Waals surface area contributed by atoms with Gasteiger partial charge in [0.15, 0.2) is 9.84 Å². The van der Waals surface area contributed by atoms with E-state index in [1.807, 2.05) is 18.7 Å². The summed E-state index contributed by atoms with van der Waals surface area (Å²) in [4.78, 5) is 2.77. The Bertz CT molecular complexity index is 573. The molecule has 1 saturated heterocycles. The lowest BCUT2D eigenvalue weighted by Gasteiger charge is -2.29. The van der Waals surface area contributed by atoms with Gasteiger partial charge in [0.1, 0.15) is 0 Å². The average Bonchev–Trinajstić information content (AvgIpc) is 2.92. The minimum atomic E-state index is -3.21. The highest BCUT2D eigenvalue weighted by Gasteiger charge is 2.40. The van der Waals surface area contributed by atoms with E-state index in [4.69, 9.17) is 0 Å². The van der Waals surface area contributed by atoms with E-state index in [9.17, 15) is 18.6 Å². The van der Waals surface area contributed by atoms with Crippen molar-refractivity contribution >= 4 is 21.4 Å². The van der Waals surface area contributed by atoms with Crippen LogP contribution in [0.15, 0.2) is 0 Å². The van der Waals surface area contributed by atoms with Gasteiger partial charge in [-0.15, -0.1) is 5.10 Å². The first-order valence-electron chi connectivity index (χ1n) is 6.88. The third-order valence-electron chi connectivity index (χ3n) is 3.63. The molecule has 1 aliphatic heterocycles. The summed E-state index contributed by atoms with van der Waals surface area (Å²) in [7, 11) is -3.21. The molecule has 2 rings (SSSR count). The van der Waals surface area contributed by atoms with Gasteiger partial charge in [0.25, 0.3) is 0 Å². The molecule has 0 amide bonds. The summed E-state index contributed by atoms with van der Waals surface area (Å²) >= 11 is 1.28. The molecule has 0 radical (unpaired) electrons. The Morgan fingerprint density at radius 1 is 1.43 bits per heavy atom. The number of hydrogen-bond acceptors (Lipinski definition) is 8. The molecular formula is C12H21N3O4S2. The van der Waals surface area contributed by atoms with Gasteiger partial charge in [-0.3, -0.25) is 4.90 Å². The zero-order chi connectivity index (χ0) is 15.6. The minimum Gasteiger partial charge on any atom is -0.395 e. The summed E-state index contributed by atoms with van der Waals surface area (Å²) in [5, 5.41) is 23.3. The van der Waals surface area contributed by atoms with Gasteiger partial charge in [-0.2, -0.15) is 0 Å². The van der Waals surface area contributed by atoms with Crippen molar-refractivity contribution in [2.75, 3.05) is 24.7 Å². The van der Waals surface area contributed by atoms with Gasteiger partial charge in [0.05, 0.1) is 40.8 Å². The Kier molecular flexibility index (Phi) is 5.31. The van der Waals surface area contributed by atoms with Crippen molar-refractivity contribution in [3.05, 3.63) is 10.6 Å². The highest BCUT2D eigenvalue weighted by atomic mass is 32.2. The summed E-state index contributed by atoms with van der Waals surface area (Å²) in [6.07, 6.45) is -0.912. The molecule has 7 nitrogen and oxygen atoms in total. The van der Waals surface area contributed by atoms with E-state index in [0.717, 1.165) is 10.6 Å². The van der Waals surface area contributed by atoms with Crippen LogP contribution in [0.3, 0.4) is 0 Å². The molecule has 1 aromatic rings. The van der Waals surface area contributed by atoms with Crippen molar-refractivity contribution in [2.45, 2.75) is 38.5 Å². The maximum absolute atomic E-state index is 11.7. The standard InChI is InChI=1S/C12H21N3O4S2/c1-8(2)12-11(20-14-13-12)5-15(3-4-16)9-6-21(18,19)7-10(9)17/h8-10,16-17H,3-7H2,1-2H3/t9-,10-/m0/s1. The predicted molar refractivity (Wildman–Crippen MR) is 79.9 cm³/mol. The normalized spacial score (nSPS) is 25.0. The minimum absolute atomic E-state index is 0.0720. The van der Waals surface area contributed by atoms with E-state index in [1.54, 1.807) is 0 Å². The van der Waals surface area contributed by atoms with E-state index >= 15 is 0 Å². The fraction of sp³-hybridized carbons (Fsp3) is 0.833. The first-order valence-corrected chi connectivity index (χ1v) is 9.48. The smallest absolute Gasteiger partial charge is 0.154 e. The quantitative estimate of drug-likeness (QED) is 0.730. The Hall–Kier alpha value is -0.610. The Labute approximate surface area is 128 Å². The molecule has 0 aromatic carbocycles. The maximum Gasteiger partial charge on any atom is 0.154 e. The van der Waals surface area contributed by atoms with Crippen molar-refractivity contribution in [1.82, 2.24) is 14.5 Å². The predicted octanol–water partition coefficient (Wildman–Crippen LogP) is -0.386. The lowest BCUT2D eigenvalue weighted by Crippen LogP contribution is -2.44. The van der Waals surface area contributed by atoms with Crippen LogP contribution < -0.4 is 0 Å². The molecule has 0 aliphatic carbocycles. The van der Waals surface area contributed by atoms with Gasteiger partial charge in [-0.05, 0) is 17.5 Å². The molecule has 2 N–H and O–H groups in total. The third kappa shape index (κ3) is 3.98. The average molecular weight is 335 g/mol. The lowest BCUT2D eigenvalue weighted by molar-refractivity contribution is 0.0659. The highest BCUT2D eigenvalue weighted by molar-refractivity contribution is 7.91. The third-order valence-corrected chi connectivity index (χ3v) is 6.05. The number of rotatable bonds is 6. The van der Waals surface area contributed by atoms with Crippen molar-refractivity contribution in [3.63, 3.8) is 0 Å². The van der Waals surface area contributed by atoms with E-state index in [-0.39, 0.29) is 24.0 Å². The zero-order valence-corrected chi connectivity index (χ0v) is 13.8. The number of aliphatic hydroxyl groups excluding tert-OH is 2. The summed E-state index contributed by atoms with van der Waals surface area (Å²) in [6.45, 7) is 4.71. The first kappa shape index (κ1) is 16.8. The van der Waals surface area contributed by atoms with Crippen LogP contribution in [0.2, 0.25) is 0 Å². The second kappa shape index (κ2) is 6.66. The number of sulfone groups is 1. The van der Waals surface area contributed by atoms with Crippen molar-refractivity contribution in [2.24, 2.45) is 0 Å². The molecule has 9 heteroatoms. The summed E-state index contributed by atoms with van der Waals surface area (Å²) < 4.78 is 27.3. The van der Waals surface area contributed by atoms with Gasteiger partial charge in [-0.1, -0.05) is 18.3 Å². The van der Waals surface area contributed by atoms with E-state index in [2.05, 4.69) is 9.59 Å². The Balaban J connectivity index is 2.18. The number of aromatic nitrogens is 2. The number of hydrogen-bond donors (Lipinski definition) is 2. The molecular weight excluding hydrogens is 314 g/mol.